The van der Waals surface area contributed by atoms with Gasteiger partial charge in [-0.1, -0.05) is 0 Å². The van der Waals surface area contributed by atoms with Gasteiger partial charge in [0.2, 0.25) is 0 Å². The Kier molecular flexibility index (Phi) is 6.20. The summed E-state index contributed by atoms with van der Waals surface area (Å²) in [4.78, 5) is 19.7. The van der Waals surface area contributed by atoms with Crippen molar-refractivity contribution >= 4 is 40.4 Å². The Morgan fingerprint density at radius 1 is 1.22 bits per heavy atom. The molecule has 0 spiro atoms. The molecule has 2 N–H and O–H groups in total. The van der Waals surface area contributed by atoms with Crippen LogP contribution >= 0.6 is 12.4 Å². The molecule has 0 unspecified atom stereocenters. The molecule has 36 heavy (non-hydrogen) atoms. The third-order valence-electron chi connectivity index (χ3n) is 7.26. The number of benzene rings is 1. The lowest BCUT2D eigenvalue weighted by molar-refractivity contribution is 0.0606. The Hall–Kier alpha value is -3.11. The van der Waals surface area contributed by atoms with Crippen LogP contribution in [0, 0.1) is 5.92 Å². The van der Waals surface area contributed by atoms with Crippen molar-refractivity contribution in [2.24, 2.45) is 25.7 Å². The SMILES string of the molecule is COc1cc(C(=O)N2C[C@H](N)C[C@@H](F)C2)cc2nc(-c3cc4cnn(C)c4n3CC3CC3)n(C)c12.Cl. The number of nitrogens with zero attached hydrogens (tertiary/aromatic N) is 6. The number of amides is 1. The predicted octanol–water partition coefficient (Wildman–Crippen LogP) is 3.28. The fourth-order valence-corrected chi connectivity index (χ4v) is 5.39. The number of likely N-dealkylation sites (tertiary alicyclic amines) is 1. The molecule has 1 aliphatic carbocycles. The average molecular weight is 516 g/mol. The lowest BCUT2D eigenvalue weighted by Gasteiger charge is -2.33. The van der Waals surface area contributed by atoms with Gasteiger partial charge < -0.3 is 24.5 Å². The molecule has 1 aliphatic heterocycles. The molecule has 0 radical (unpaired) electrons. The van der Waals surface area contributed by atoms with Gasteiger partial charge in [0.25, 0.3) is 5.91 Å². The van der Waals surface area contributed by atoms with Crippen molar-refractivity contribution in [3.63, 3.8) is 0 Å². The number of carbonyl (C=O) groups excluding carboxylic acids is 1. The molecule has 3 aromatic heterocycles. The van der Waals surface area contributed by atoms with Crippen molar-refractivity contribution in [3.05, 3.63) is 30.0 Å². The molecule has 1 aromatic carbocycles. The first-order valence-electron chi connectivity index (χ1n) is 12.1. The number of hydrogen-bond donors (Lipinski definition) is 1. The van der Waals surface area contributed by atoms with Crippen molar-refractivity contribution in [1.29, 1.82) is 0 Å². The molecule has 192 valence electrons. The van der Waals surface area contributed by atoms with E-state index in [4.69, 9.17) is 15.5 Å². The number of aromatic nitrogens is 5. The van der Waals surface area contributed by atoms with Gasteiger partial charge in [0.15, 0.2) is 5.82 Å². The third kappa shape index (κ3) is 4.02. The first-order chi connectivity index (χ1) is 16.8. The number of imidazole rings is 1. The maximum absolute atomic E-state index is 14.1. The number of hydrogen-bond acceptors (Lipinski definition) is 5. The minimum Gasteiger partial charge on any atom is -0.494 e. The topological polar surface area (TPSA) is 96.1 Å². The lowest BCUT2D eigenvalue weighted by Crippen LogP contribution is -2.50. The van der Waals surface area contributed by atoms with Gasteiger partial charge in [-0.3, -0.25) is 9.48 Å². The molecule has 1 saturated heterocycles. The number of aryl methyl sites for hydroxylation is 2. The van der Waals surface area contributed by atoms with Crippen LogP contribution in [0.4, 0.5) is 4.39 Å². The van der Waals surface area contributed by atoms with Crippen LogP contribution in [0.3, 0.4) is 0 Å². The number of methoxy groups -OCH3 is 1. The summed E-state index contributed by atoms with van der Waals surface area (Å²) in [5.74, 6) is 1.76. The van der Waals surface area contributed by atoms with Crippen molar-refractivity contribution in [2.45, 2.75) is 38.0 Å². The second kappa shape index (κ2) is 9.08. The maximum Gasteiger partial charge on any atom is 0.254 e. The van der Waals surface area contributed by atoms with E-state index in [-0.39, 0.29) is 37.3 Å². The molecule has 4 heterocycles. The Morgan fingerprint density at radius 3 is 2.69 bits per heavy atom. The second-order valence-electron chi connectivity index (χ2n) is 9.97. The molecule has 4 aromatic rings. The molecular formula is C25H31ClFN7O2. The maximum atomic E-state index is 14.1. The van der Waals surface area contributed by atoms with Crippen LogP contribution in [0.15, 0.2) is 24.4 Å². The highest BCUT2D eigenvalue weighted by Crippen LogP contribution is 2.37. The van der Waals surface area contributed by atoms with Crippen LogP contribution in [-0.4, -0.2) is 67.1 Å². The molecule has 6 rings (SSSR count). The van der Waals surface area contributed by atoms with Gasteiger partial charge in [-0.2, -0.15) is 5.10 Å². The summed E-state index contributed by atoms with van der Waals surface area (Å²) in [5.41, 5.74) is 9.93. The van der Waals surface area contributed by atoms with Gasteiger partial charge in [-0.15, -0.1) is 12.4 Å². The zero-order valence-electron chi connectivity index (χ0n) is 20.6. The quantitative estimate of drug-likeness (QED) is 0.440. The number of ether oxygens (including phenoxy) is 1. The van der Waals surface area contributed by atoms with E-state index >= 15 is 0 Å². The standard InChI is InChI=1S/C25H30FN7O2.ClH/c1-30-22-19(6-15(8-21(22)35-3)25(34)32-12-17(26)9-18(27)13-32)29-23(30)20-7-16-10-28-31(2)24(16)33(20)11-14-4-5-14;/h6-8,10,14,17-18H,4-5,9,11-13,27H2,1-3H3;1H/t17-,18-;/m1./s1. The average Bonchev–Trinajstić information content (AvgIpc) is 3.35. The summed E-state index contributed by atoms with van der Waals surface area (Å²) < 4.78 is 26.0. The van der Waals surface area contributed by atoms with Crippen molar-refractivity contribution in [2.75, 3.05) is 20.2 Å². The largest absolute Gasteiger partial charge is 0.494 e. The number of rotatable bonds is 5. The fraction of sp³-hybridized carbons (Fsp3) is 0.480. The van der Waals surface area contributed by atoms with E-state index in [9.17, 15) is 9.18 Å². The Labute approximate surface area is 214 Å². The van der Waals surface area contributed by atoms with Crippen LogP contribution in [0.25, 0.3) is 33.6 Å². The van der Waals surface area contributed by atoms with Gasteiger partial charge in [0.05, 0.1) is 31.1 Å². The zero-order valence-corrected chi connectivity index (χ0v) is 21.5. The molecule has 11 heteroatoms. The third-order valence-corrected chi connectivity index (χ3v) is 7.26. The number of halogens is 2. The monoisotopic (exact) mass is 515 g/mol. The first kappa shape index (κ1) is 24.6. The summed E-state index contributed by atoms with van der Waals surface area (Å²) >= 11 is 0. The van der Waals surface area contributed by atoms with Gasteiger partial charge in [-0.05, 0) is 43.4 Å². The molecule has 2 atom stereocenters. The van der Waals surface area contributed by atoms with Gasteiger partial charge >= 0.3 is 0 Å². The van der Waals surface area contributed by atoms with Crippen LogP contribution in [-0.2, 0) is 20.6 Å². The lowest BCUT2D eigenvalue weighted by atomic mass is 10.0. The highest BCUT2D eigenvalue weighted by atomic mass is 35.5. The smallest absolute Gasteiger partial charge is 0.254 e. The van der Waals surface area contributed by atoms with Gasteiger partial charge in [0.1, 0.15) is 23.1 Å². The Bertz CT molecular complexity index is 1440. The zero-order chi connectivity index (χ0) is 24.4. The van der Waals surface area contributed by atoms with E-state index in [2.05, 4.69) is 15.7 Å². The van der Waals surface area contributed by atoms with Crippen LogP contribution in [0.5, 0.6) is 5.75 Å². The summed E-state index contributed by atoms with van der Waals surface area (Å²) in [6.07, 6.45) is 3.51. The second-order valence-corrected chi connectivity index (χ2v) is 9.97. The number of alkyl halides is 1. The minimum atomic E-state index is -1.11. The predicted molar refractivity (Wildman–Crippen MR) is 138 cm³/mol. The minimum absolute atomic E-state index is 0. The van der Waals surface area contributed by atoms with Crippen LogP contribution in [0.1, 0.15) is 29.6 Å². The van der Waals surface area contributed by atoms with E-state index in [1.54, 1.807) is 19.2 Å². The summed E-state index contributed by atoms with van der Waals surface area (Å²) in [7, 11) is 5.50. The van der Waals surface area contributed by atoms with E-state index < -0.39 is 6.17 Å². The summed E-state index contributed by atoms with van der Waals surface area (Å²) in [5, 5.41) is 5.50. The fourth-order valence-electron chi connectivity index (χ4n) is 5.39. The van der Waals surface area contributed by atoms with E-state index in [1.807, 2.05) is 29.5 Å². The molecule has 1 amide bonds. The highest BCUT2D eigenvalue weighted by molar-refractivity contribution is 6.00. The number of fused-ring (bicyclic) bond motifs is 2. The molecule has 2 fully saturated rings. The van der Waals surface area contributed by atoms with Crippen molar-refractivity contribution in [1.82, 2.24) is 28.8 Å². The molecule has 9 nitrogen and oxygen atoms in total. The molecule has 0 bridgehead atoms. The van der Waals surface area contributed by atoms with Crippen molar-refractivity contribution < 1.29 is 13.9 Å². The van der Waals surface area contributed by atoms with Gasteiger partial charge in [0, 0.05) is 44.2 Å². The van der Waals surface area contributed by atoms with Crippen molar-refractivity contribution in [3.8, 4) is 17.3 Å². The van der Waals surface area contributed by atoms with E-state index in [1.165, 1.54) is 17.7 Å². The normalized spacial score (nSPS) is 20.2. The first-order valence-corrected chi connectivity index (χ1v) is 12.1. The molecule has 2 aliphatic rings. The highest BCUT2D eigenvalue weighted by Gasteiger charge is 2.30. The Balaban J connectivity index is 0.00000267. The van der Waals surface area contributed by atoms with Gasteiger partial charge in [-0.25, -0.2) is 9.37 Å². The Morgan fingerprint density at radius 2 is 2.00 bits per heavy atom. The summed E-state index contributed by atoms with van der Waals surface area (Å²) in [6.45, 7) is 1.31. The molecule has 1 saturated carbocycles. The van der Waals surface area contributed by atoms with E-state index in [0.717, 1.165) is 34.6 Å². The number of nitrogens with two attached hydrogens (primary N) is 1. The number of carbonyl (C=O) groups is 1. The molecular weight excluding hydrogens is 485 g/mol. The van der Waals surface area contributed by atoms with E-state index in [0.29, 0.717) is 29.3 Å². The van der Waals surface area contributed by atoms with Crippen LogP contribution in [0.2, 0.25) is 0 Å². The number of piperidine rings is 1. The summed E-state index contributed by atoms with van der Waals surface area (Å²) in [6, 6.07) is 5.25. The van der Waals surface area contributed by atoms with Crippen LogP contribution < -0.4 is 10.5 Å².